The molecule has 1 atom stereocenters. The highest BCUT2D eigenvalue weighted by molar-refractivity contribution is 5.80. The van der Waals surface area contributed by atoms with Gasteiger partial charge in [-0.1, -0.05) is 30.7 Å². The van der Waals surface area contributed by atoms with Crippen molar-refractivity contribution >= 4 is 6.21 Å². The van der Waals surface area contributed by atoms with E-state index >= 15 is 0 Å². The Bertz CT molecular complexity index is 643. The van der Waals surface area contributed by atoms with Gasteiger partial charge in [-0.3, -0.25) is 4.99 Å². The molecule has 0 saturated carbocycles. The fraction of sp³-hybridized carbons (Fsp3) is 0.550. The highest BCUT2D eigenvalue weighted by Crippen LogP contribution is 2.42. The molecular formula is C20H26F3NO. The number of halogens is 3. The Kier molecular flexibility index (Phi) is 6.44. The average molecular weight is 353 g/mol. The summed E-state index contributed by atoms with van der Waals surface area (Å²) in [4.78, 5) is 4.10. The minimum Gasteiger partial charge on any atom is -0.374 e. The van der Waals surface area contributed by atoms with Crippen molar-refractivity contribution in [2.45, 2.75) is 57.7 Å². The van der Waals surface area contributed by atoms with Crippen LogP contribution in [0.4, 0.5) is 13.2 Å². The molecule has 0 aromatic heterocycles. The normalized spacial score (nSPS) is 23.4. The van der Waals surface area contributed by atoms with Crippen molar-refractivity contribution in [3.8, 4) is 0 Å². The van der Waals surface area contributed by atoms with Crippen molar-refractivity contribution in [3.63, 3.8) is 0 Å². The van der Waals surface area contributed by atoms with Gasteiger partial charge in [0.1, 0.15) is 0 Å². The highest BCUT2D eigenvalue weighted by Gasteiger charge is 2.40. The quantitative estimate of drug-likeness (QED) is 0.633. The van der Waals surface area contributed by atoms with Crippen LogP contribution in [0.25, 0.3) is 0 Å². The van der Waals surface area contributed by atoms with E-state index in [1.54, 1.807) is 6.07 Å². The second-order valence-corrected chi connectivity index (χ2v) is 6.70. The minimum atomic E-state index is -4.22. The molecule has 0 radical (unpaired) electrons. The van der Waals surface area contributed by atoms with E-state index in [0.717, 1.165) is 19.1 Å². The Hall–Kier alpha value is -1.62. The summed E-state index contributed by atoms with van der Waals surface area (Å²) in [5.74, 6) is 0. The maximum absolute atomic E-state index is 12.1. The van der Waals surface area contributed by atoms with Gasteiger partial charge in [0.15, 0.2) is 0 Å². The fourth-order valence-corrected chi connectivity index (χ4v) is 3.17. The smallest absolute Gasteiger partial charge is 0.374 e. The molecule has 2 aliphatic rings. The first-order valence-electron chi connectivity index (χ1n) is 8.70. The lowest BCUT2D eigenvalue weighted by atomic mass is 9.77. The van der Waals surface area contributed by atoms with Crippen molar-refractivity contribution in [1.29, 1.82) is 0 Å². The van der Waals surface area contributed by atoms with Gasteiger partial charge in [-0.2, -0.15) is 13.2 Å². The van der Waals surface area contributed by atoms with Gasteiger partial charge in [0.25, 0.3) is 0 Å². The Morgan fingerprint density at radius 1 is 1.28 bits per heavy atom. The van der Waals surface area contributed by atoms with Crippen LogP contribution in [-0.2, 0) is 17.3 Å². The third-order valence-electron chi connectivity index (χ3n) is 4.93. The van der Waals surface area contributed by atoms with Crippen LogP contribution in [0.1, 0.15) is 50.7 Å². The Balaban J connectivity index is 0.000000181. The topological polar surface area (TPSA) is 21.6 Å². The SMILES string of the molecule is CCc1cccc(C(F)(F)F)c1.CN=CC1=C(C)CCC2(CCO2)C1. The largest absolute Gasteiger partial charge is 0.416 e. The lowest BCUT2D eigenvalue weighted by Gasteiger charge is -2.45. The molecule has 1 fully saturated rings. The molecule has 138 valence electrons. The lowest BCUT2D eigenvalue weighted by Crippen LogP contribution is -2.45. The maximum atomic E-state index is 12.1. The minimum absolute atomic E-state index is 0.204. The van der Waals surface area contributed by atoms with Crippen LogP contribution in [0.15, 0.2) is 40.4 Å². The molecule has 2 nitrogen and oxygen atoms in total. The van der Waals surface area contributed by atoms with Crippen LogP contribution >= 0.6 is 0 Å². The Morgan fingerprint density at radius 2 is 2.00 bits per heavy atom. The summed E-state index contributed by atoms with van der Waals surface area (Å²) in [6.07, 6.45) is 3.12. The van der Waals surface area contributed by atoms with Gasteiger partial charge < -0.3 is 4.74 Å². The van der Waals surface area contributed by atoms with Crippen LogP contribution < -0.4 is 0 Å². The van der Waals surface area contributed by atoms with Crippen molar-refractivity contribution < 1.29 is 17.9 Å². The molecule has 0 amide bonds. The van der Waals surface area contributed by atoms with E-state index in [-0.39, 0.29) is 5.60 Å². The second kappa shape index (κ2) is 8.17. The van der Waals surface area contributed by atoms with E-state index < -0.39 is 11.7 Å². The van der Waals surface area contributed by atoms with Crippen molar-refractivity contribution in [2.75, 3.05) is 13.7 Å². The third-order valence-corrected chi connectivity index (χ3v) is 4.93. The maximum Gasteiger partial charge on any atom is 0.416 e. The van der Waals surface area contributed by atoms with E-state index in [1.807, 2.05) is 20.2 Å². The molecule has 0 bridgehead atoms. The summed E-state index contributed by atoms with van der Waals surface area (Å²) in [6, 6.07) is 5.38. The third kappa shape index (κ3) is 5.18. The Labute approximate surface area is 147 Å². The van der Waals surface area contributed by atoms with Gasteiger partial charge in [0, 0.05) is 26.1 Å². The lowest BCUT2D eigenvalue weighted by molar-refractivity contribution is -0.152. The summed E-state index contributed by atoms with van der Waals surface area (Å²) in [7, 11) is 1.84. The van der Waals surface area contributed by atoms with Gasteiger partial charge in [-0.25, -0.2) is 0 Å². The number of allylic oxidation sites excluding steroid dienone is 1. The van der Waals surface area contributed by atoms with Crippen LogP contribution in [0, 0.1) is 0 Å². The molecule has 1 unspecified atom stereocenters. The number of aryl methyl sites for hydroxylation is 1. The second-order valence-electron chi connectivity index (χ2n) is 6.70. The first-order valence-corrected chi connectivity index (χ1v) is 8.70. The van der Waals surface area contributed by atoms with Gasteiger partial charge in [0.2, 0.25) is 0 Å². The van der Waals surface area contributed by atoms with Crippen LogP contribution in [0.3, 0.4) is 0 Å². The zero-order chi connectivity index (χ0) is 18.5. The predicted molar refractivity (Wildman–Crippen MR) is 95.1 cm³/mol. The average Bonchev–Trinajstić information content (AvgIpc) is 2.56. The van der Waals surface area contributed by atoms with Gasteiger partial charge in [0.05, 0.1) is 17.8 Å². The number of benzene rings is 1. The summed E-state index contributed by atoms with van der Waals surface area (Å²) in [5, 5.41) is 0. The summed E-state index contributed by atoms with van der Waals surface area (Å²) in [5.41, 5.74) is 3.24. The van der Waals surface area contributed by atoms with Crippen LogP contribution in [-0.4, -0.2) is 25.5 Å². The van der Waals surface area contributed by atoms with E-state index in [4.69, 9.17) is 4.74 Å². The molecule has 1 aliphatic heterocycles. The molecule has 1 aliphatic carbocycles. The van der Waals surface area contributed by atoms with Gasteiger partial charge >= 0.3 is 6.18 Å². The number of rotatable bonds is 2. The van der Waals surface area contributed by atoms with E-state index in [2.05, 4.69) is 11.9 Å². The van der Waals surface area contributed by atoms with Crippen LogP contribution in [0.2, 0.25) is 0 Å². The standard InChI is InChI=1S/C11H17NO.C9H9F3/c1-9-3-4-11(5-6-13-11)7-10(9)8-12-2;1-2-7-4-3-5-8(6-7)9(10,11)12/h8H,3-7H2,1-2H3;3-6H,2H2,1H3. The van der Waals surface area contributed by atoms with E-state index in [1.165, 1.54) is 42.5 Å². The highest BCUT2D eigenvalue weighted by atomic mass is 19.4. The Morgan fingerprint density at radius 3 is 2.52 bits per heavy atom. The first-order chi connectivity index (χ1) is 11.8. The molecule has 1 saturated heterocycles. The van der Waals surface area contributed by atoms with E-state index in [9.17, 15) is 13.2 Å². The summed E-state index contributed by atoms with van der Waals surface area (Å²) < 4.78 is 42.0. The molecular weight excluding hydrogens is 327 g/mol. The molecule has 25 heavy (non-hydrogen) atoms. The van der Waals surface area contributed by atoms with Crippen LogP contribution in [0.5, 0.6) is 0 Å². The van der Waals surface area contributed by atoms with Gasteiger partial charge in [-0.15, -0.1) is 0 Å². The molecule has 0 N–H and O–H groups in total. The number of aliphatic imine (C=N–C) groups is 1. The summed E-state index contributed by atoms with van der Waals surface area (Å²) >= 11 is 0. The molecule has 1 heterocycles. The predicted octanol–water partition coefficient (Wildman–Crippen LogP) is 5.61. The van der Waals surface area contributed by atoms with Gasteiger partial charge in [-0.05, 0) is 43.4 Å². The van der Waals surface area contributed by atoms with Crippen molar-refractivity contribution in [3.05, 3.63) is 46.5 Å². The number of nitrogens with zero attached hydrogens (tertiary/aromatic N) is 1. The molecule has 1 aromatic rings. The zero-order valence-electron chi connectivity index (χ0n) is 15.1. The first kappa shape index (κ1) is 19.7. The monoisotopic (exact) mass is 353 g/mol. The molecule has 5 heteroatoms. The molecule has 1 aromatic carbocycles. The number of alkyl halides is 3. The fourth-order valence-electron chi connectivity index (χ4n) is 3.17. The molecule has 3 rings (SSSR count). The number of hydrogen-bond acceptors (Lipinski definition) is 2. The van der Waals surface area contributed by atoms with Crippen molar-refractivity contribution in [1.82, 2.24) is 0 Å². The van der Waals surface area contributed by atoms with E-state index in [0.29, 0.717) is 12.0 Å². The number of hydrogen-bond donors (Lipinski definition) is 0. The summed E-state index contributed by atoms with van der Waals surface area (Å²) in [6.45, 7) is 4.99. The molecule has 1 spiro atoms. The van der Waals surface area contributed by atoms with Crippen molar-refractivity contribution in [2.24, 2.45) is 4.99 Å². The zero-order valence-corrected chi connectivity index (χ0v) is 15.1. The number of ether oxygens (including phenoxy) is 1.